The molecule has 0 saturated heterocycles. The first-order valence-electron chi connectivity index (χ1n) is 9.41. The molecule has 0 bridgehead atoms. The van der Waals surface area contributed by atoms with E-state index in [-0.39, 0.29) is 11.7 Å². The van der Waals surface area contributed by atoms with Gasteiger partial charge in [-0.15, -0.1) is 21.5 Å². The van der Waals surface area contributed by atoms with Crippen LogP contribution in [-0.2, 0) is 4.79 Å². The summed E-state index contributed by atoms with van der Waals surface area (Å²) in [5.41, 5.74) is 3.36. The Labute approximate surface area is 187 Å². The predicted molar refractivity (Wildman–Crippen MR) is 123 cm³/mol. The highest BCUT2D eigenvalue weighted by atomic mass is 32.2. The maximum atomic E-state index is 12.2. The highest BCUT2D eigenvalue weighted by Crippen LogP contribution is 2.34. The maximum Gasteiger partial charge on any atom is 0.234 e. The average Bonchev–Trinajstić information content (AvgIpc) is 3.21. The standard InChI is InChI=1S/C22H19N5O2S2/c1-14-21(31-22(24-14)15-4-3-11-23-12-15)18-9-10-20(27-26-18)30-13-19(28)25-16-5-7-17(29-2)8-6-16/h3-12H,13H2,1-2H3,(H,25,28). The van der Waals surface area contributed by atoms with Crippen LogP contribution < -0.4 is 10.1 Å². The molecule has 1 aromatic carbocycles. The van der Waals surface area contributed by atoms with Crippen LogP contribution in [0.15, 0.2) is 66.0 Å². The number of hydrogen-bond acceptors (Lipinski definition) is 8. The summed E-state index contributed by atoms with van der Waals surface area (Å²) in [7, 11) is 1.60. The fourth-order valence-corrected chi connectivity index (χ4v) is 4.41. The van der Waals surface area contributed by atoms with Gasteiger partial charge in [-0.25, -0.2) is 4.98 Å². The van der Waals surface area contributed by atoms with E-state index in [4.69, 9.17) is 4.74 Å². The van der Waals surface area contributed by atoms with Crippen molar-refractivity contribution in [1.82, 2.24) is 20.2 Å². The zero-order valence-corrected chi connectivity index (χ0v) is 18.5. The van der Waals surface area contributed by atoms with Gasteiger partial charge in [0.2, 0.25) is 5.91 Å². The Morgan fingerprint density at radius 1 is 1.13 bits per heavy atom. The molecule has 9 heteroatoms. The van der Waals surface area contributed by atoms with E-state index in [2.05, 4.69) is 25.5 Å². The molecule has 1 amide bonds. The van der Waals surface area contributed by atoms with E-state index in [0.717, 1.165) is 38.3 Å². The molecule has 0 fully saturated rings. The number of nitrogens with one attached hydrogen (secondary N) is 1. The number of anilines is 1. The summed E-state index contributed by atoms with van der Waals surface area (Å²) in [5.74, 6) is 0.872. The zero-order chi connectivity index (χ0) is 21.6. The normalized spacial score (nSPS) is 10.6. The van der Waals surface area contributed by atoms with Crippen LogP contribution in [0.4, 0.5) is 5.69 Å². The number of aromatic nitrogens is 4. The van der Waals surface area contributed by atoms with Crippen LogP contribution in [0, 0.1) is 6.92 Å². The summed E-state index contributed by atoms with van der Waals surface area (Å²) >= 11 is 2.89. The highest BCUT2D eigenvalue weighted by molar-refractivity contribution is 7.99. The summed E-state index contributed by atoms with van der Waals surface area (Å²) < 4.78 is 5.11. The molecule has 0 spiro atoms. The molecule has 0 atom stereocenters. The van der Waals surface area contributed by atoms with Crippen LogP contribution in [0.3, 0.4) is 0 Å². The van der Waals surface area contributed by atoms with Gasteiger partial charge in [0.1, 0.15) is 21.5 Å². The number of carbonyl (C=O) groups is 1. The van der Waals surface area contributed by atoms with Gasteiger partial charge in [0.05, 0.1) is 23.4 Å². The van der Waals surface area contributed by atoms with E-state index in [1.165, 1.54) is 11.8 Å². The monoisotopic (exact) mass is 449 g/mol. The lowest BCUT2D eigenvalue weighted by atomic mass is 10.3. The first kappa shape index (κ1) is 21.0. The molecule has 3 aromatic heterocycles. The third kappa shape index (κ3) is 5.25. The smallest absolute Gasteiger partial charge is 0.234 e. The Kier molecular flexibility index (Phi) is 6.54. The molecule has 0 saturated carbocycles. The molecule has 7 nitrogen and oxygen atoms in total. The van der Waals surface area contributed by atoms with Gasteiger partial charge in [0, 0.05) is 23.6 Å². The molecular formula is C22H19N5O2S2. The number of aryl methyl sites for hydroxylation is 1. The average molecular weight is 450 g/mol. The van der Waals surface area contributed by atoms with Gasteiger partial charge in [-0.05, 0) is 55.5 Å². The van der Waals surface area contributed by atoms with Crippen molar-refractivity contribution in [3.8, 4) is 26.9 Å². The van der Waals surface area contributed by atoms with Crippen molar-refractivity contribution >= 4 is 34.7 Å². The number of ether oxygens (including phenoxy) is 1. The van der Waals surface area contributed by atoms with E-state index in [0.29, 0.717) is 5.03 Å². The van der Waals surface area contributed by atoms with Gasteiger partial charge in [0.25, 0.3) is 0 Å². The van der Waals surface area contributed by atoms with Crippen LogP contribution in [0.1, 0.15) is 5.69 Å². The van der Waals surface area contributed by atoms with Crippen LogP contribution in [0.25, 0.3) is 21.1 Å². The Morgan fingerprint density at radius 2 is 1.97 bits per heavy atom. The second-order valence-corrected chi connectivity index (χ2v) is 8.49. The molecule has 31 heavy (non-hydrogen) atoms. The summed E-state index contributed by atoms with van der Waals surface area (Å²) in [4.78, 5) is 21.9. The van der Waals surface area contributed by atoms with Crippen molar-refractivity contribution in [3.63, 3.8) is 0 Å². The molecule has 4 rings (SSSR count). The fourth-order valence-electron chi connectivity index (χ4n) is 2.78. The van der Waals surface area contributed by atoms with Crippen LogP contribution in [-0.4, -0.2) is 38.9 Å². The largest absolute Gasteiger partial charge is 0.497 e. The summed E-state index contributed by atoms with van der Waals surface area (Å²) in [5, 5.41) is 13.0. The highest BCUT2D eigenvalue weighted by Gasteiger charge is 2.13. The molecular weight excluding hydrogens is 430 g/mol. The van der Waals surface area contributed by atoms with Crippen LogP contribution >= 0.6 is 23.1 Å². The molecule has 0 aliphatic rings. The lowest BCUT2D eigenvalue weighted by molar-refractivity contribution is -0.113. The SMILES string of the molecule is COc1ccc(NC(=O)CSc2ccc(-c3sc(-c4cccnc4)nc3C)nn2)cc1. The Bertz CT molecular complexity index is 1160. The number of thiazole rings is 1. The summed E-state index contributed by atoms with van der Waals surface area (Å²) in [6.07, 6.45) is 3.54. The van der Waals surface area contributed by atoms with Crippen LogP contribution in [0.2, 0.25) is 0 Å². The number of hydrogen-bond donors (Lipinski definition) is 1. The molecule has 0 unspecified atom stereocenters. The van der Waals surface area contributed by atoms with Crippen molar-refractivity contribution in [3.05, 3.63) is 66.6 Å². The molecule has 0 aliphatic heterocycles. The van der Waals surface area contributed by atoms with Crippen molar-refractivity contribution in [2.45, 2.75) is 11.9 Å². The van der Waals surface area contributed by atoms with Crippen LogP contribution in [0.5, 0.6) is 5.75 Å². The molecule has 4 aromatic rings. The zero-order valence-electron chi connectivity index (χ0n) is 16.9. The van der Waals surface area contributed by atoms with Gasteiger partial charge in [-0.2, -0.15) is 0 Å². The van der Waals surface area contributed by atoms with E-state index < -0.39 is 0 Å². The summed E-state index contributed by atoms with van der Waals surface area (Å²) in [6, 6.07) is 14.9. The first-order chi connectivity index (χ1) is 15.1. The van der Waals surface area contributed by atoms with Crippen molar-refractivity contribution in [2.75, 3.05) is 18.2 Å². The Morgan fingerprint density at radius 3 is 2.65 bits per heavy atom. The molecule has 3 heterocycles. The summed E-state index contributed by atoms with van der Waals surface area (Å²) in [6.45, 7) is 1.96. The van der Waals surface area contributed by atoms with Gasteiger partial charge >= 0.3 is 0 Å². The van der Waals surface area contributed by atoms with E-state index in [1.807, 2.05) is 31.2 Å². The lowest BCUT2D eigenvalue weighted by Crippen LogP contribution is -2.14. The number of carbonyl (C=O) groups excluding carboxylic acids is 1. The van der Waals surface area contributed by atoms with Gasteiger partial charge < -0.3 is 10.1 Å². The van der Waals surface area contributed by atoms with Gasteiger partial charge in [-0.3, -0.25) is 9.78 Å². The quantitative estimate of drug-likeness (QED) is 0.409. The topological polar surface area (TPSA) is 89.9 Å². The van der Waals surface area contributed by atoms with E-state index in [1.54, 1.807) is 55.1 Å². The Hall–Kier alpha value is -3.30. The number of nitrogens with zero attached hydrogens (tertiary/aromatic N) is 4. The Balaban J connectivity index is 1.37. The number of amides is 1. The third-order valence-corrected chi connectivity index (χ3v) is 6.45. The molecule has 156 valence electrons. The molecule has 1 N–H and O–H groups in total. The second kappa shape index (κ2) is 9.67. The third-order valence-electron chi connectivity index (χ3n) is 4.30. The number of benzene rings is 1. The minimum Gasteiger partial charge on any atom is -0.497 e. The maximum absolute atomic E-state index is 12.2. The number of rotatable bonds is 7. The molecule has 0 aliphatic carbocycles. The van der Waals surface area contributed by atoms with E-state index >= 15 is 0 Å². The minimum atomic E-state index is -0.111. The number of methoxy groups -OCH3 is 1. The first-order valence-corrected chi connectivity index (χ1v) is 11.2. The van der Waals surface area contributed by atoms with Gasteiger partial charge in [-0.1, -0.05) is 11.8 Å². The van der Waals surface area contributed by atoms with E-state index in [9.17, 15) is 4.79 Å². The van der Waals surface area contributed by atoms with Crippen molar-refractivity contribution in [2.24, 2.45) is 0 Å². The predicted octanol–water partition coefficient (Wildman–Crippen LogP) is 4.71. The molecule has 0 radical (unpaired) electrons. The van der Waals surface area contributed by atoms with Crippen molar-refractivity contribution in [1.29, 1.82) is 0 Å². The fraction of sp³-hybridized carbons (Fsp3) is 0.136. The van der Waals surface area contributed by atoms with Gasteiger partial charge in [0.15, 0.2) is 0 Å². The lowest BCUT2D eigenvalue weighted by Gasteiger charge is -2.06. The number of thioether (sulfide) groups is 1. The van der Waals surface area contributed by atoms with Crippen molar-refractivity contribution < 1.29 is 9.53 Å². The number of pyridine rings is 1. The minimum absolute atomic E-state index is 0.111. The second-order valence-electron chi connectivity index (χ2n) is 6.50.